The Balaban J connectivity index is 1.63. The molecule has 0 radical (unpaired) electrons. The number of likely N-dealkylation sites (tertiary alicyclic amines) is 1. The number of benzene rings is 1. The van der Waals surface area contributed by atoms with Gasteiger partial charge in [-0.2, -0.15) is 0 Å². The first-order chi connectivity index (χ1) is 10.2. The third-order valence-corrected chi connectivity index (χ3v) is 3.88. The second-order valence-electron chi connectivity index (χ2n) is 5.67. The molecule has 1 unspecified atom stereocenters. The molecule has 0 aliphatic carbocycles. The van der Waals surface area contributed by atoms with Crippen molar-refractivity contribution in [3.8, 4) is 0 Å². The number of carbonyl (C=O) groups is 1. The first kappa shape index (κ1) is 15.9. The average molecular weight is 293 g/mol. The zero-order valence-corrected chi connectivity index (χ0v) is 12.6. The number of hydrogen-bond donors (Lipinski definition) is 2. The van der Waals surface area contributed by atoms with E-state index in [1.54, 1.807) is 12.1 Å². The summed E-state index contributed by atoms with van der Waals surface area (Å²) in [5.41, 5.74) is 1.03. The lowest BCUT2D eigenvalue weighted by atomic mass is 10.1. The quantitative estimate of drug-likeness (QED) is 0.789. The molecule has 116 valence electrons. The highest BCUT2D eigenvalue weighted by Gasteiger charge is 2.23. The standard InChI is InChI=1S/C16H24FN3O/c1-18-10-14-7-9-20(11-14)12-16(21)19-8-6-13-2-4-15(17)5-3-13/h2-5,14,18H,6-12H2,1H3,(H,19,21). The Labute approximate surface area is 125 Å². The van der Waals surface area contributed by atoms with Crippen LogP contribution in [0.2, 0.25) is 0 Å². The van der Waals surface area contributed by atoms with Crippen LogP contribution in [0.3, 0.4) is 0 Å². The second kappa shape index (κ2) is 8.10. The lowest BCUT2D eigenvalue weighted by molar-refractivity contribution is -0.122. The average Bonchev–Trinajstić information content (AvgIpc) is 2.89. The summed E-state index contributed by atoms with van der Waals surface area (Å²) in [4.78, 5) is 14.1. The summed E-state index contributed by atoms with van der Waals surface area (Å²) < 4.78 is 12.8. The van der Waals surface area contributed by atoms with Gasteiger partial charge in [0, 0.05) is 13.1 Å². The van der Waals surface area contributed by atoms with Gasteiger partial charge in [-0.3, -0.25) is 9.69 Å². The highest BCUT2D eigenvalue weighted by Crippen LogP contribution is 2.14. The fourth-order valence-corrected chi connectivity index (χ4v) is 2.77. The molecule has 1 atom stereocenters. The molecule has 0 bridgehead atoms. The number of amides is 1. The minimum Gasteiger partial charge on any atom is -0.355 e. The van der Waals surface area contributed by atoms with Crippen molar-refractivity contribution < 1.29 is 9.18 Å². The van der Waals surface area contributed by atoms with E-state index in [1.807, 2.05) is 7.05 Å². The van der Waals surface area contributed by atoms with Crippen LogP contribution in [0.4, 0.5) is 4.39 Å². The predicted octanol–water partition coefficient (Wildman–Crippen LogP) is 1.03. The van der Waals surface area contributed by atoms with Gasteiger partial charge in [0.2, 0.25) is 5.91 Å². The predicted molar refractivity (Wildman–Crippen MR) is 81.6 cm³/mol. The summed E-state index contributed by atoms with van der Waals surface area (Å²) in [5.74, 6) is 0.497. The Kier molecular flexibility index (Phi) is 6.14. The Morgan fingerprint density at radius 1 is 1.38 bits per heavy atom. The Morgan fingerprint density at radius 3 is 2.86 bits per heavy atom. The molecule has 21 heavy (non-hydrogen) atoms. The lowest BCUT2D eigenvalue weighted by Crippen LogP contribution is -2.37. The number of halogens is 1. The van der Waals surface area contributed by atoms with Crippen molar-refractivity contribution >= 4 is 5.91 Å². The summed E-state index contributed by atoms with van der Waals surface area (Å²) in [5, 5.41) is 6.12. The molecule has 1 heterocycles. The molecule has 2 N–H and O–H groups in total. The highest BCUT2D eigenvalue weighted by atomic mass is 19.1. The molecule has 0 saturated carbocycles. The van der Waals surface area contributed by atoms with E-state index in [9.17, 15) is 9.18 Å². The largest absolute Gasteiger partial charge is 0.355 e. The summed E-state index contributed by atoms with van der Waals surface area (Å²) in [7, 11) is 1.96. The molecule has 1 fully saturated rings. The SMILES string of the molecule is CNCC1CCN(CC(=O)NCCc2ccc(F)cc2)C1. The summed E-state index contributed by atoms with van der Waals surface area (Å²) in [6.07, 6.45) is 1.89. The van der Waals surface area contributed by atoms with Crippen molar-refractivity contribution in [2.24, 2.45) is 5.92 Å². The third-order valence-electron chi connectivity index (χ3n) is 3.88. The van der Waals surface area contributed by atoms with E-state index in [0.717, 1.165) is 38.0 Å². The molecule has 1 aromatic carbocycles. The van der Waals surface area contributed by atoms with Crippen LogP contribution in [-0.4, -0.2) is 50.6 Å². The van der Waals surface area contributed by atoms with Crippen LogP contribution in [-0.2, 0) is 11.2 Å². The topological polar surface area (TPSA) is 44.4 Å². The van der Waals surface area contributed by atoms with Gasteiger partial charge in [0.1, 0.15) is 5.82 Å². The number of hydrogen-bond acceptors (Lipinski definition) is 3. The Bertz CT molecular complexity index is 449. The second-order valence-corrected chi connectivity index (χ2v) is 5.67. The molecule has 5 heteroatoms. The smallest absolute Gasteiger partial charge is 0.234 e. The van der Waals surface area contributed by atoms with Crippen molar-refractivity contribution in [2.45, 2.75) is 12.8 Å². The van der Waals surface area contributed by atoms with Crippen molar-refractivity contribution in [1.29, 1.82) is 0 Å². The van der Waals surface area contributed by atoms with Gasteiger partial charge >= 0.3 is 0 Å². The maximum Gasteiger partial charge on any atom is 0.234 e. The van der Waals surface area contributed by atoms with Crippen molar-refractivity contribution in [2.75, 3.05) is 39.8 Å². The number of rotatable bonds is 7. The van der Waals surface area contributed by atoms with Gasteiger partial charge in [0.15, 0.2) is 0 Å². The van der Waals surface area contributed by atoms with E-state index < -0.39 is 0 Å². The van der Waals surface area contributed by atoms with Crippen molar-refractivity contribution in [3.05, 3.63) is 35.6 Å². The normalized spacial score (nSPS) is 18.9. The fraction of sp³-hybridized carbons (Fsp3) is 0.562. The third kappa shape index (κ3) is 5.44. The van der Waals surface area contributed by atoms with Crippen LogP contribution in [0.5, 0.6) is 0 Å². The van der Waals surface area contributed by atoms with E-state index >= 15 is 0 Å². The van der Waals surface area contributed by atoms with Crippen LogP contribution in [0, 0.1) is 11.7 Å². The molecule has 1 amide bonds. The first-order valence-electron chi connectivity index (χ1n) is 7.55. The molecule has 0 spiro atoms. The van der Waals surface area contributed by atoms with Gasteiger partial charge in [0.05, 0.1) is 6.54 Å². The van der Waals surface area contributed by atoms with Gasteiger partial charge in [-0.15, -0.1) is 0 Å². The van der Waals surface area contributed by atoms with E-state index in [2.05, 4.69) is 15.5 Å². The van der Waals surface area contributed by atoms with Crippen molar-refractivity contribution in [3.63, 3.8) is 0 Å². The monoisotopic (exact) mass is 293 g/mol. The Hall–Kier alpha value is -1.46. The van der Waals surface area contributed by atoms with E-state index in [0.29, 0.717) is 19.0 Å². The molecular weight excluding hydrogens is 269 g/mol. The minimum absolute atomic E-state index is 0.0715. The maximum absolute atomic E-state index is 12.8. The summed E-state index contributed by atoms with van der Waals surface area (Å²) >= 11 is 0. The molecular formula is C16H24FN3O. The van der Waals surface area contributed by atoms with Crippen LogP contribution < -0.4 is 10.6 Å². The molecule has 1 aliphatic rings. The van der Waals surface area contributed by atoms with Crippen LogP contribution in [0.25, 0.3) is 0 Å². The van der Waals surface area contributed by atoms with Crippen LogP contribution in [0.1, 0.15) is 12.0 Å². The van der Waals surface area contributed by atoms with E-state index in [4.69, 9.17) is 0 Å². The molecule has 1 saturated heterocycles. The lowest BCUT2D eigenvalue weighted by Gasteiger charge is -2.15. The number of carbonyl (C=O) groups excluding carboxylic acids is 1. The molecule has 1 aromatic rings. The fourth-order valence-electron chi connectivity index (χ4n) is 2.77. The molecule has 1 aliphatic heterocycles. The van der Waals surface area contributed by atoms with Gasteiger partial charge < -0.3 is 10.6 Å². The number of nitrogens with zero attached hydrogens (tertiary/aromatic N) is 1. The molecule has 2 rings (SSSR count). The van der Waals surface area contributed by atoms with Crippen molar-refractivity contribution in [1.82, 2.24) is 15.5 Å². The summed E-state index contributed by atoms with van der Waals surface area (Å²) in [6, 6.07) is 6.40. The maximum atomic E-state index is 12.8. The van der Waals surface area contributed by atoms with Crippen LogP contribution in [0.15, 0.2) is 24.3 Å². The van der Waals surface area contributed by atoms with Gasteiger partial charge in [-0.25, -0.2) is 4.39 Å². The first-order valence-corrected chi connectivity index (χ1v) is 7.55. The van der Waals surface area contributed by atoms with Gasteiger partial charge in [-0.05, 0) is 56.6 Å². The molecule has 4 nitrogen and oxygen atoms in total. The van der Waals surface area contributed by atoms with E-state index in [-0.39, 0.29) is 11.7 Å². The zero-order chi connectivity index (χ0) is 15.1. The summed E-state index contributed by atoms with van der Waals surface area (Å²) in [6.45, 7) is 4.08. The highest BCUT2D eigenvalue weighted by molar-refractivity contribution is 5.78. The molecule has 0 aromatic heterocycles. The minimum atomic E-state index is -0.229. The number of nitrogens with one attached hydrogen (secondary N) is 2. The zero-order valence-electron chi connectivity index (χ0n) is 12.6. The van der Waals surface area contributed by atoms with Crippen LogP contribution >= 0.6 is 0 Å². The Morgan fingerprint density at radius 2 is 2.14 bits per heavy atom. The van der Waals surface area contributed by atoms with Gasteiger partial charge in [-0.1, -0.05) is 12.1 Å². The van der Waals surface area contributed by atoms with Gasteiger partial charge in [0.25, 0.3) is 0 Å². The van der Waals surface area contributed by atoms with E-state index in [1.165, 1.54) is 12.1 Å².